The molecule has 0 spiro atoms. The second kappa shape index (κ2) is 6.48. The lowest BCUT2D eigenvalue weighted by Gasteiger charge is -2.50. The van der Waals surface area contributed by atoms with Gasteiger partial charge in [-0.25, -0.2) is 4.79 Å². The van der Waals surface area contributed by atoms with E-state index in [2.05, 4.69) is 25.7 Å². The van der Waals surface area contributed by atoms with Crippen LogP contribution in [0.2, 0.25) is 0 Å². The molecule has 126 valence electrons. The van der Waals surface area contributed by atoms with E-state index in [0.717, 1.165) is 50.2 Å². The van der Waals surface area contributed by atoms with Gasteiger partial charge in [-0.15, -0.1) is 0 Å². The van der Waals surface area contributed by atoms with Gasteiger partial charge in [-0.3, -0.25) is 4.90 Å². The van der Waals surface area contributed by atoms with Crippen molar-refractivity contribution in [1.29, 1.82) is 0 Å². The fourth-order valence-corrected chi connectivity index (χ4v) is 4.70. The number of ether oxygens (including phenoxy) is 1. The van der Waals surface area contributed by atoms with Crippen LogP contribution in [-0.2, 0) is 9.53 Å². The molecule has 0 N–H and O–H groups in total. The third-order valence-electron chi connectivity index (χ3n) is 6.38. The van der Waals surface area contributed by atoms with Gasteiger partial charge in [0.25, 0.3) is 0 Å². The molecular weight excluding hydrogens is 276 g/mol. The maximum absolute atomic E-state index is 12.6. The predicted molar refractivity (Wildman–Crippen MR) is 87.4 cm³/mol. The van der Waals surface area contributed by atoms with Crippen LogP contribution in [0.4, 0.5) is 0 Å². The van der Waals surface area contributed by atoms with Crippen molar-refractivity contribution in [3.63, 3.8) is 0 Å². The summed E-state index contributed by atoms with van der Waals surface area (Å²) in [6.45, 7) is 14.3. The zero-order valence-corrected chi connectivity index (χ0v) is 14.6. The van der Waals surface area contributed by atoms with Crippen LogP contribution in [0.15, 0.2) is 0 Å². The molecule has 0 radical (unpaired) electrons. The molecule has 3 unspecified atom stereocenters. The van der Waals surface area contributed by atoms with Gasteiger partial charge in [-0.2, -0.15) is 0 Å². The molecule has 22 heavy (non-hydrogen) atoms. The number of hydrogen-bond acceptors (Lipinski definition) is 3. The van der Waals surface area contributed by atoms with E-state index in [-0.39, 0.29) is 12.1 Å². The normalized spacial score (nSPS) is 41.6. The lowest BCUT2D eigenvalue weighted by Crippen LogP contribution is -2.68. The molecular formula is C18H33N2O2+. The van der Waals surface area contributed by atoms with Crippen molar-refractivity contribution >= 4 is 5.97 Å². The Kier molecular flexibility index (Phi) is 4.79. The largest absolute Gasteiger partial charge is 0.458 e. The molecule has 4 heteroatoms. The molecule has 1 aliphatic carbocycles. The van der Waals surface area contributed by atoms with Crippen LogP contribution in [0.25, 0.3) is 0 Å². The van der Waals surface area contributed by atoms with E-state index in [9.17, 15) is 4.79 Å². The molecule has 3 aliphatic heterocycles. The molecule has 3 heterocycles. The minimum Gasteiger partial charge on any atom is -0.458 e. The van der Waals surface area contributed by atoms with Gasteiger partial charge in [0.05, 0.1) is 19.6 Å². The van der Waals surface area contributed by atoms with E-state index in [1.807, 2.05) is 0 Å². The minimum absolute atomic E-state index is 0.0556. The minimum atomic E-state index is 0.0556. The quantitative estimate of drug-likeness (QED) is 0.588. The smallest absolute Gasteiger partial charge is 0.362 e. The summed E-state index contributed by atoms with van der Waals surface area (Å²) >= 11 is 0. The number of hydrogen-bond donors (Lipinski definition) is 0. The summed E-state index contributed by atoms with van der Waals surface area (Å²) in [5, 5.41) is 0. The van der Waals surface area contributed by atoms with Crippen LogP contribution in [0.5, 0.6) is 0 Å². The van der Waals surface area contributed by atoms with E-state index in [4.69, 9.17) is 4.74 Å². The molecule has 0 amide bonds. The van der Waals surface area contributed by atoms with Gasteiger partial charge in [-0.05, 0) is 30.6 Å². The molecule has 0 aromatic rings. The standard InChI is InChI=1S/C18H33N2O2/c1-14(2)16-5-4-15(3)12-17(16)22-18(21)13-20-9-6-19(7-10-20)8-11-20/h14-17H,4-13H2,1-3H3/q+1. The summed E-state index contributed by atoms with van der Waals surface area (Å²) in [7, 11) is 0. The van der Waals surface area contributed by atoms with Crippen LogP contribution in [-0.4, -0.2) is 67.3 Å². The van der Waals surface area contributed by atoms with Crippen LogP contribution in [0, 0.1) is 17.8 Å². The van der Waals surface area contributed by atoms with Crippen LogP contribution < -0.4 is 0 Å². The highest BCUT2D eigenvalue weighted by atomic mass is 16.5. The number of carbonyl (C=O) groups excluding carboxylic acids is 1. The number of quaternary nitrogens is 1. The Morgan fingerprint density at radius 2 is 1.82 bits per heavy atom. The lowest BCUT2D eigenvalue weighted by molar-refractivity contribution is -0.934. The topological polar surface area (TPSA) is 29.5 Å². The maximum atomic E-state index is 12.6. The van der Waals surface area contributed by atoms with Crippen molar-refractivity contribution < 1.29 is 14.0 Å². The number of piperazine rings is 3. The Hall–Kier alpha value is -0.610. The number of esters is 1. The first-order chi connectivity index (χ1) is 10.5. The van der Waals surface area contributed by atoms with E-state index < -0.39 is 0 Å². The highest BCUT2D eigenvalue weighted by molar-refractivity contribution is 5.70. The van der Waals surface area contributed by atoms with E-state index in [1.165, 1.54) is 12.8 Å². The van der Waals surface area contributed by atoms with E-state index in [0.29, 0.717) is 24.3 Å². The summed E-state index contributed by atoms with van der Waals surface area (Å²) in [4.78, 5) is 15.1. The molecule has 3 saturated heterocycles. The molecule has 3 atom stereocenters. The summed E-state index contributed by atoms with van der Waals surface area (Å²) in [6, 6.07) is 0. The molecule has 4 fully saturated rings. The number of nitrogens with zero attached hydrogens (tertiary/aromatic N) is 2. The third-order valence-corrected chi connectivity index (χ3v) is 6.38. The van der Waals surface area contributed by atoms with Crippen LogP contribution in [0.3, 0.4) is 0 Å². The second-order valence-corrected chi connectivity index (χ2v) is 8.37. The Morgan fingerprint density at radius 3 is 2.41 bits per heavy atom. The lowest BCUT2D eigenvalue weighted by atomic mass is 9.75. The first-order valence-electron chi connectivity index (χ1n) is 9.24. The Labute approximate surface area is 135 Å². The SMILES string of the molecule is CC1CCC(C(C)C)C(OC(=O)C[N+]23CCN(CC2)CC3)C1. The average Bonchev–Trinajstić information content (AvgIpc) is 2.48. The van der Waals surface area contributed by atoms with Crippen LogP contribution >= 0.6 is 0 Å². The van der Waals surface area contributed by atoms with Gasteiger partial charge in [-0.1, -0.05) is 27.2 Å². The van der Waals surface area contributed by atoms with Crippen molar-refractivity contribution in [3.05, 3.63) is 0 Å². The molecule has 0 aromatic heterocycles. The summed E-state index contributed by atoms with van der Waals surface area (Å²) in [6.07, 6.45) is 3.71. The first kappa shape index (κ1) is 16.3. The van der Waals surface area contributed by atoms with Crippen LogP contribution in [0.1, 0.15) is 40.0 Å². The van der Waals surface area contributed by atoms with Crippen molar-refractivity contribution in [2.24, 2.45) is 17.8 Å². The van der Waals surface area contributed by atoms with Gasteiger partial charge in [0.2, 0.25) is 0 Å². The zero-order valence-electron chi connectivity index (χ0n) is 14.6. The first-order valence-corrected chi connectivity index (χ1v) is 9.24. The fraction of sp³-hybridized carbons (Fsp3) is 0.944. The van der Waals surface area contributed by atoms with Gasteiger partial charge in [0.1, 0.15) is 6.10 Å². The number of rotatable bonds is 4. The summed E-state index contributed by atoms with van der Waals surface area (Å²) < 4.78 is 6.99. The average molecular weight is 309 g/mol. The molecule has 0 aromatic carbocycles. The Morgan fingerprint density at radius 1 is 1.18 bits per heavy atom. The number of carbonyl (C=O) groups is 1. The van der Waals surface area contributed by atoms with E-state index >= 15 is 0 Å². The molecule has 2 bridgehead atoms. The maximum Gasteiger partial charge on any atom is 0.362 e. The van der Waals surface area contributed by atoms with Gasteiger partial charge in [0, 0.05) is 19.6 Å². The Bertz CT molecular complexity index is 388. The molecule has 1 saturated carbocycles. The highest BCUT2D eigenvalue weighted by Gasteiger charge is 2.41. The summed E-state index contributed by atoms with van der Waals surface area (Å²) in [5.41, 5.74) is 0. The molecule has 4 aliphatic rings. The third kappa shape index (κ3) is 3.48. The summed E-state index contributed by atoms with van der Waals surface area (Å²) in [5.74, 6) is 1.91. The number of fused-ring (bicyclic) bond motifs is 3. The van der Waals surface area contributed by atoms with Crippen molar-refractivity contribution in [1.82, 2.24) is 4.90 Å². The van der Waals surface area contributed by atoms with E-state index in [1.54, 1.807) is 0 Å². The fourth-order valence-electron chi connectivity index (χ4n) is 4.70. The van der Waals surface area contributed by atoms with Gasteiger partial charge in [0.15, 0.2) is 6.54 Å². The monoisotopic (exact) mass is 309 g/mol. The van der Waals surface area contributed by atoms with Crippen molar-refractivity contribution in [2.45, 2.75) is 46.1 Å². The zero-order chi connectivity index (χ0) is 15.7. The predicted octanol–water partition coefficient (Wildman–Crippen LogP) is 2.14. The second-order valence-electron chi connectivity index (χ2n) is 8.37. The van der Waals surface area contributed by atoms with Gasteiger partial charge < -0.3 is 9.22 Å². The highest BCUT2D eigenvalue weighted by Crippen LogP contribution is 2.35. The van der Waals surface area contributed by atoms with Gasteiger partial charge >= 0.3 is 5.97 Å². The van der Waals surface area contributed by atoms with Crippen molar-refractivity contribution in [2.75, 3.05) is 45.8 Å². The molecule has 4 rings (SSSR count). The molecule has 4 nitrogen and oxygen atoms in total. The van der Waals surface area contributed by atoms with Crippen molar-refractivity contribution in [3.8, 4) is 0 Å². The Balaban J connectivity index is 1.57.